The number of carbonyl (C=O) groups excluding carboxylic acids is 2. The first-order valence-corrected chi connectivity index (χ1v) is 6.66. The van der Waals surface area contributed by atoms with Crippen molar-refractivity contribution in [1.29, 1.82) is 0 Å². The third-order valence-corrected chi connectivity index (χ3v) is 3.41. The van der Waals surface area contributed by atoms with Crippen molar-refractivity contribution >= 4 is 11.8 Å². The van der Waals surface area contributed by atoms with Gasteiger partial charge in [-0.2, -0.15) is 0 Å². The Morgan fingerprint density at radius 1 is 1.42 bits per heavy atom. The predicted molar refractivity (Wildman–Crippen MR) is 73.9 cm³/mol. The molecule has 102 valence electrons. The van der Waals surface area contributed by atoms with Gasteiger partial charge in [-0.25, -0.2) is 0 Å². The van der Waals surface area contributed by atoms with Crippen molar-refractivity contribution < 1.29 is 9.59 Å². The molecule has 1 heterocycles. The summed E-state index contributed by atoms with van der Waals surface area (Å²) in [5, 5.41) is 2.83. The second-order valence-corrected chi connectivity index (χ2v) is 5.35. The SMILES string of the molecule is Cc1cccc(C(=O)N2CCNC(=O)C2C(C)C)c1. The van der Waals surface area contributed by atoms with Gasteiger partial charge in [-0.05, 0) is 25.0 Å². The molecule has 1 aromatic carbocycles. The van der Waals surface area contributed by atoms with E-state index in [1.165, 1.54) is 0 Å². The van der Waals surface area contributed by atoms with Crippen molar-refractivity contribution in [1.82, 2.24) is 10.2 Å². The fourth-order valence-electron chi connectivity index (χ4n) is 2.52. The van der Waals surface area contributed by atoms with Crippen LogP contribution in [0, 0.1) is 12.8 Å². The quantitative estimate of drug-likeness (QED) is 0.878. The molecule has 0 aliphatic carbocycles. The minimum absolute atomic E-state index is 0.0535. The van der Waals surface area contributed by atoms with Crippen molar-refractivity contribution in [3.05, 3.63) is 35.4 Å². The Hall–Kier alpha value is -1.84. The topological polar surface area (TPSA) is 49.4 Å². The van der Waals surface area contributed by atoms with Gasteiger partial charge >= 0.3 is 0 Å². The fourth-order valence-corrected chi connectivity index (χ4v) is 2.52. The molecule has 1 atom stereocenters. The van der Waals surface area contributed by atoms with Gasteiger partial charge in [0, 0.05) is 18.7 Å². The van der Waals surface area contributed by atoms with Gasteiger partial charge in [0.05, 0.1) is 0 Å². The molecule has 1 aliphatic heterocycles. The molecular weight excluding hydrogens is 240 g/mol. The van der Waals surface area contributed by atoms with Crippen LogP contribution in [-0.2, 0) is 4.79 Å². The number of piperazine rings is 1. The van der Waals surface area contributed by atoms with Crippen LogP contribution in [0.1, 0.15) is 29.8 Å². The number of carbonyl (C=O) groups is 2. The Kier molecular flexibility index (Phi) is 3.88. The summed E-state index contributed by atoms with van der Waals surface area (Å²) in [4.78, 5) is 26.2. The van der Waals surface area contributed by atoms with Crippen molar-refractivity contribution in [3.63, 3.8) is 0 Å². The molecule has 19 heavy (non-hydrogen) atoms. The van der Waals surface area contributed by atoms with E-state index < -0.39 is 0 Å². The standard InChI is InChI=1S/C15H20N2O2/c1-10(2)13-14(18)16-7-8-17(13)15(19)12-6-4-5-11(3)9-12/h4-6,9-10,13H,7-8H2,1-3H3,(H,16,18). The number of amides is 2. The first-order chi connectivity index (χ1) is 9.00. The van der Waals surface area contributed by atoms with Crippen molar-refractivity contribution in [2.45, 2.75) is 26.8 Å². The Morgan fingerprint density at radius 3 is 2.79 bits per heavy atom. The largest absolute Gasteiger partial charge is 0.353 e. The molecule has 0 bridgehead atoms. The van der Waals surface area contributed by atoms with E-state index in [-0.39, 0.29) is 23.8 Å². The fraction of sp³-hybridized carbons (Fsp3) is 0.467. The summed E-state index contributed by atoms with van der Waals surface area (Å²) in [6, 6.07) is 7.13. The van der Waals surface area contributed by atoms with Gasteiger partial charge in [0.15, 0.2) is 0 Å². The van der Waals surface area contributed by atoms with Gasteiger partial charge in [0.2, 0.25) is 5.91 Å². The van der Waals surface area contributed by atoms with E-state index in [1.807, 2.05) is 39.0 Å². The molecule has 0 radical (unpaired) electrons. The van der Waals surface area contributed by atoms with Crippen LogP contribution in [0.15, 0.2) is 24.3 Å². The zero-order chi connectivity index (χ0) is 14.0. The molecule has 0 saturated carbocycles. The maximum absolute atomic E-state index is 12.6. The Morgan fingerprint density at radius 2 is 2.16 bits per heavy atom. The second-order valence-electron chi connectivity index (χ2n) is 5.35. The van der Waals surface area contributed by atoms with Gasteiger partial charge in [-0.1, -0.05) is 31.5 Å². The molecule has 1 aliphatic rings. The number of hydrogen-bond acceptors (Lipinski definition) is 2. The normalized spacial score (nSPS) is 19.5. The molecule has 1 fully saturated rings. The van der Waals surface area contributed by atoms with Gasteiger partial charge in [-0.3, -0.25) is 9.59 Å². The minimum Gasteiger partial charge on any atom is -0.353 e. The summed E-state index contributed by atoms with van der Waals surface area (Å²) in [5.41, 5.74) is 1.70. The van der Waals surface area contributed by atoms with Gasteiger partial charge in [-0.15, -0.1) is 0 Å². The molecule has 4 nitrogen and oxygen atoms in total. The zero-order valence-corrected chi connectivity index (χ0v) is 11.6. The van der Waals surface area contributed by atoms with E-state index in [2.05, 4.69) is 5.32 Å². The summed E-state index contributed by atoms with van der Waals surface area (Å²) in [5.74, 6) is -0.00596. The van der Waals surface area contributed by atoms with Gasteiger partial charge in [0.1, 0.15) is 6.04 Å². The Labute approximate surface area is 113 Å². The smallest absolute Gasteiger partial charge is 0.254 e. The van der Waals surface area contributed by atoms with Crippen molar-refractivity contribution in [2.75, 3.05) is 13.1 Å². The maximum atomic E-state index is 12.6. The van der Waals surface area contributed by atoms with Crippen LogP contribution in [0.4, 0.5) is 0 Å². The van der Waals surface area contributed by atoms with Crippen LogP contribution < -0.4 is 5.32 Å². The average molecular weight is 260 g/mol. The van der Waals surface area contributed by atoms with Crippen LogP contribution in [0.5, 0.6) is 0 Å². The summed E-state index contributed by atoms with van der Waals surface area (Å²) in [7, 11) is 0. The van der Waals surface area contributed by atoms with Crippen LogP contribution in [0.3, 0.4) is 0 Å². The summed E-state index contributed by atoms with van der Waals surface area (Å²) < 4.78 is 0. The molecule has 2 amide bonds. The van der Waals surface area contributed by atoms with E-state index in [1.54, 1.807) is 11.0 Å². The molecule has 0 aromatic heterocycles. The monoisotopic (exact) mass is 260 g/mol. The van der Waals surface area contributed by atoms with Crippen molar-refractivity contribution in [3.8, 4) is 0 Å². The van der Waals surface area contributed by atoms with E-state index in [4.69, 9.17) is 0 Å². The first-order valence-electron chi connectivity index (χ1n) is 6.66. The lowest BCUT2D eigenvalue weighted by Gasteiger charge is -2.37. The Balaban J connectivity index is 2.28. The number of hydrogen-bond donors (Lipinski definition) is 1. The highest BCUT2D eigenvalue weighted by atomic mass is 16.2. The highest BCUT2D eigenvalue weighted by molar-refractivity contribution is 5.98. The van der Waals surface area contributed by atoms with Crippen LogP contribution in [0.25, 0.3) is 0 Å². The lowest BCUT2D eigenvalue weighted by atomic mass is 9.98. The number of nitrogens with zero attached hydrogens (tertiary/aromatic N) is 1. The molecular formula is C15H20N2O2. The summed E-state index contributed by atoms with van der Waals surface area (Å²) in [6.07, 6.45) is 0. The summed E-state index contributed by atoms with van der Waals surface area (Å²) in [6.45, 7) is 6.98. The van der Waals surface area contributed by atoms with Crippen LogP contribution >= 0.6 is 0 Å². The van der Waals surface area contributed by atoms with Gasteiger partial charge < -0.3 is 10.2 Å². The minimum atomic E-state index is -0.373. The van der Waals surface area contributed by atoms with E-state index >= 15 is 0 Å². The van der Waals surface area contributed by atoms with E-state index in [0.717, 1.165) is 5.56 Å². The predicted octanol–water partition coefficient (Wildman–Crippen LogP) is 1.59. The van der Waals surface area contributed by atoms with Crippen LogP contribution in [-0.4, -0.2) is 35.8 Å². The number of aryl methyl sites for hydroxylation is 1. The molecule has 4 heteroatoms. The molecule has 1 aromatic rings. The second kappa shape index (κ2) is 5.43. The third-order valence-electron chi connectivity index (χ3n) is 3.41. The molecule has 1 saturated heterocycles. The molecule has 1 N–H and O–H groups in total. The van der Waals surface area contributed by atoms with E-state index in [9.17, 15) is 9.59 Å². The maximum Gasteiger partial charge on any atom is 0.254 e. The molecule has 1 unspecified atom stereocenters. The number of nitrogens with one attached hydrogen (secondary N) is 1. The molecule has 2 rings (SSSR count). The first kappa shape index (κ1) is 13.6. The number of rotatable bonds is 2. The lowest BCUT2D eigenvalue weighted by molar-refractivity contribution is -0.129. The average Bonchev–Trinajstić information content (AvgIpc) is 2.37. The highest BCUT2D eigenvalue weighted by Crippen LogP contribution is 2.18. The summed E-state index contributed by atoms with van der Waals surface area (Å²) >= 11 is 0. The van der Waals surface area contributed by atoms with Crippen LogP contribution in [0.2, 0.25) is 0 Å². The highest BCUT2D eigenvalue weighted by Gasteiger charge is 2.35. The molecule has 0 spiro atoms. The number of benzene rings is 1. The third kappa shape index (κ3) is 2.78. The van der Waals surface area contributed by atoms with Crippen molar-refractivity contribution in [2.24, 2.45) is 5.92 Å². The zero-order valence-electron chi connectivity index (χ0n) is 11.6. The van der Waals surface area contributed by atoms with Gasteiger partial charge in [0.25, 0.3) is 5.91 Å². The van der Waals surface area contributed by atoms with E-state index in [0.29, 0.717) is 18.7 Å². The Bertz CT molecular complexity index is 497. The lowest BCUT2D eigenvalue weighted by Crippen LogP contribution is -2.59.